The molecule has 28 heavy (non-hydrogen) atoms. The number of aromatic nitrogens is 5. The maximum Gasteiger partial charge on any atom is 0.490 e. The number of fused-ring (bicyclic) bond motifs is 1. The van der Waals surface area contributed by atoms with Crippen molar-refractivity contribution in [2.45, 2.75) is 19.1 Å². The lowest BCUT2D eigenvalue weighted by Crippen LogP contribution is -2.33. The molecule has 3 aromatic rings. The molecule has 9 nitrogen and oxygen atoms in total. The van der Waals surface area contributed by atoms with Crippen LogP contribution in [0.5, 0.6) is 0 Å². The van der Waals surface area contributed by atoms with E-state index in [2.05, 4.69) is 19.8 Å². The maximum atomic E-state index is 11.0. The molecule has 0 spiro atoms. The Hall–Kier alpha value is -3.57. The molecule has 3 rings (SSSR count). The Morgan fingerprint density at radius 3 is 2.43 bits per heavy atom. The van der Waals surface area contributed by atoms with Gasteiger partial charge in [-0.25, -0.2) is 23.8 Å². The minimum atomic E-state index is -4.85. The molecule has 3 heterocycles. The molecule has 0 amide bonds. The number of hydrogen-bond donors (Lipinski definition) is 1. The zero-order chi connectivity index (χ0) is 20.7. The number of pyridine rings is 1. The maximum absolute atomic E-state index is 11.0. The van der Waals surface area contributed by atoms with E-state index in [1.807, 2.05) is 29.1 Å². The fraction of sp³-hybridized carbons (Fsp3) is 0.250. The minimum absolute atomic E-state index is 0.103. The number of imidazole rings is 1. The molecule has 0 fully saturated rings. The molecule has 0 radical (unpaired) electrons. The lowest BCUT2D eigenvalue weighted by atomic mass is 10.2. The monoisotopic (exact) mass is 398 g/mol. The van der Waals surface area contributed by atoms with E-state index in [1.165, 1.54) is 0 Å². The van der Waals surface area contributed by atoms with Crippen molar-refractivity contribution in [3.05, 3.63) is 43.1 Å². The van der Waals surface area contributed by atoms with Crippen molar-refractivity contribution < 1.29 is 37.2 Å². The van der Waals surface area contributed by atoms with Gasteiger partial charge in [-0.15, -0.1) is 0 Å². The molecule has 0 unspecified atom stereocenters. The third-order valence-electron chi connectivity index (χ3n) is 3.31. The van der Waals surface area contributed by atoms with Crippen molar-refractivity contribution in [3.8, 4) is 11.3 Å². The summed E-state index contributed by atoms with van der Waals surface area (Å²) in [4.78, 5) is 28.5. The molecule has 1 N–H and O–H groups in total. The second kappa shape index (κ2) is 8.88. The average Bonchev–Trinajstić information content (AvgIpc) is 3.10. The molecule has 0 aliphatic carbocycles. The number of hydrogen-bond acceptors (Lipinski definition) is 6. The minimum Gasteiger partial charge on any atom is -0.481 e. The molecule has 0 aliphatic heterocycles. The zero-order valence-corrected chi connectivity index (χ0v) is 14.5. The SMILES string of the molecule is COC(=O)C(F)(F)F.O=C(O)CC[n+]1ccc(-c2cn3nccnc3n2)cc1. The predicted molar refractivity (Wildman–Crippen MR) is 86.7 cm³/mol. The van der Waals surface area contributed by atoms with Gasteiger partial charge in [0.2, 0.25) is 0 Å². The highest BCUT2D eigenvalue weighted by Gasteiger charge is 2.40. The van der Waals surface area contributed by atoms with E-state index < -0.39 is 18.1 Å². The van der Waals surface area contributed by atoms with Crippen molar-refractivity contribution in [3.63, 3.8) is 0 Å². The van der Waals surface area contributed by atoms with Gasteiger partial charge in [-0.2, -0.15) is 18.3 Å². The number of aryl methyl sites for hydroxylation is 1. The van der Waals surface area contributed by atoms with Crippen LogP contribution in [0.1, 0.15) is 6.42 Å². The Bertz CT molecular complexity index is 924. The average molecular weight is 398 g/mol. The number of halogens is 3. The van der Waals surface area contributed by atoms with E-state index in [1.54, 1.807) is 23.1 Å². The zero-order valence-electron chi connectivity index (χ0n) is 14.5. The van der Waals surface area contributed by atoms with E-state index >= 15 is 0 Å². The van der Waals surface area contributed by atoms with Crippen LogP contribution in [0.25, 0.3) is 17.0 Å². The van der Waals surface area contributed by atoms with Crippen LogP contribution in [0.15, 0.2) is 43.1 Å². The summed E-state index contributed by atoms with van der Waals surface area (Å²) in [6.45, 7) is 0.448. The summed E-state index contributed by atoms with van der Waals surface area (Å²) < 4.78 is 39.7. The van der Waals surface area contributed by atoms with Crippen LogP contribution in [0.3, 0.4) is 0 Å². The largest absolute Gasteiger partial charge is 0.490 e. The van der Waals surface area contributed by atoms with E-state index in [4.69, 9.17) is 5.11 Å². The first kappa shape index (κ1) is 20.7. The van der Waals surface area contributed by atoms with Crippen LogP contribution in [-0.2, 0) is 20.9 Å². The highest BCUT2D eigenvalue weighted by Crippen LogP contribution is 2.16. The Morgan fingerprint density at radius 2 is 1.93 bits per heavy atom. The van der Waals surface area contributed by atoms with Crippen LogP contribution in [-0.4, -0.2) is 49.9 Å². The number of carboxylic acids is 1. The van der Waals surface area contributed by atoms with Crippen LogP contribution in [0.4, 0.5) is 13.2 Å². The molecule has 0 saturated carbocycles. The van der Waals surface area contributed by atoms with E-state index in [0.717, 1.165) is 11.3 Å². The number of carbonyl (C=O) groups excluding carboxylic acids is 1. The van der Waals surface area contributed by atoms with Crippen molar-refractivity contribution in [1.82, 2.24) is 19.6 Å². The van der Waals surface area contributed by atoms with Crippen LogP contribution >= 0.6 is 0 Å². The lowest BCUT2D eigenvalue weighted by Gasteiger charge is -1.99. The van der Waals surface area contributed by atoms with Crippen LogP contribution in [0.2, 0.25) is 0 Å². The number of nitrogens with zero attached hydrogens (tertiary/aromatic N) is 5. The van der Waals surface area contributed by atoms with Gasteiger partial charge in [0.05, 0.1) is 31.4 Å². The predicted octanol–water partition coefficient (Wildman–Crippen LogP) is 1.28. The highest BCUT2D eigenvalue weighted by atomic mass is 19.4. The summed E-state index contributed by atoms with van der Waals surface area (Å²) in [5.41, 5.74) is 1.71. The van der Waals surface area contributed by atoms with Gasteiger partial charge in [-0.05, 0) is 0 Å². The number of ether oxygens (including phenoxy) is 1. The van der Waals surface area contributed by atoms with Gasteiger partial charge < -0.3 is 9.84 Å². The van der Waals surface area contributed by atoms with Gasteiger partial charge in [0.1, 0.15) is 6.42 Å². The first-order chi connectivity index (χ1) is 13.2. The van der Waals surface area contributed by atoms with Gasteiger partial charge in [-0.3, -0.25) is 4.79 Å². The molecule has 0 aliphatic rings. The smallest absolute Gasteiger partial charge is 0.481 e. The molecule has 0 saturated heterocycles. The molecule has 0 aromatic carbocycles. The second-order valence-electron chi connectivity index (χ2n) is 5.27. The standard InChI is InChI=1S/C13H11N5O2.C3H3F3O2/c19-12(20)3-8-17-6-1-10(2-7-17)11-9-18-13(16-11)14-4-5-15-18;1-8-2(7)3(4,5)6/h1-2,4-7,9H,3,8H2;1H3/p+1. The summed E-state index contributed by atoms with van der Waals surface area (Å²) >= 11 is 0. The van der Waals surface area contributed by atoms with Crippen molar-refractivity contribution in [2.75, 3.05) is 7.11 Å². The fourth-order valence-electron chi connectivity index (χ4n) is 1.99. The number of carbonyl (C=O) groups is 2. The van der Waals surface area contributed by atoms with E-state index in [9.17, 15) is 22.8 Å². The summed E-state index contributed by atoms with van der Waals surface area (Å²) in [6, 6.07) is 3.78. The topological polar surface area (TPSA) is 111 Å². The molecule has 148 valence electrons. The molecule has 0 atom stereocenters. The fourth-order valence-corrected chi connectivity index (χ4v) is 1.99. The van der Waals surface area contributed by atoms with E-state index in [0.29, 0.717) is 19.4 Å². The van der Waals surface area contributed by atoms with Crippen molar-refractivity contribution in [1.29, 1.82) is 0 Å². The van der Waals surface area contributed by atoms with E-state index in [-0.39, 0.29) is 6.42 Å². The first-order valence-electron chi connectivity index (χ1n) is 7.73. The van der Waals surface area contributed by atoms with Gasteiger partial charge in [0, 0.05) is 17.7 Å². The van der Waals surface area contributed by atoms with Crippen LogP contribution < -0.4 is 4.57 Å². The highest BCUT2D eigenvalue weighted by molar-refractivity contribution is 5.75. The number of rotatable bonds is 4. The molecule has 0 bridgehead atoms. The lowest BCUT2D eigenvalue weighted by molar-refractivity contribution is -0.695. The third kappa shape index (κ3) is 5.72. The number of carboxylic acid groups (broad SMARTS) is 1. The first-order valence-corrected chi connectivity index (χ1v) is 7.73. The second-order valence-corrected chi connectivity index (χ2v) is 5.27. The Balaban J connectivity index is 0.000000300. The Kier molecular flexibility index (Phi) is 6.58. The van der Waals surface area contributed by atoms with Crippen LogP contribution in [0, 0.1) is 0 Å². The molecule has 12 heteroatoms. The summed E-state index contributed by atoms with van der Waals surface area (Å²) in [7, 11) is 0.676. The van der Waals surface area contributed by atoms with Gasteiger partial charge in [0.15, 0.2) is 18.9 Å². The van der Waals surface area contributed by atoms with Gasteiger partial charge >= 0.3 is 18.1 Å². The molecular weight excluding hydrogens is 383 g/mol. The van der Waals surface area contributed by atoms with Crippen molar-refractivity contribution >= 4 is 17.7 Å². The Labute approximate surface area is 156 Å². The quantitative estimate of drug-likeness (QED) is 0.521. The van der Waals surface area contributed by atoms with Gasteiger partial charge in [-0.1, -0.05) is 0 Å². The summed E-state index contributed by atoms with van der Waals surface area (Å²) in [6.07, 6.45) is 3.92. The molecular formula is C16H15F3N5O4+. The number of methoxy groups -OCH3 is 1. The normalized spacial score (nSPS) is 10.9. The third-order valence-corrected chi connectivity index (χ3v) is 3.31. The number of esters is 1. The van der Waals surface area contributed by atoms with Gasteiger partial charge in [0.25, 0.3) is 5.78 Å². The van der Waals surface area contributed by atoms with Crippen molar-refractivity contribution in [2.24, 2.45) is 0 Å². The molecule has 3 aromatic heterocycles. The Morgan fingerprint density at radius 1 is 1.25 bits per heavy atom. The summed E-state index contributed by atoms with van der Waals surface area (Å²) in [5, 5.41) is 12.8. The summed E-state index contributed by atoms with van der Waals surface area (Å²) in [5.74, 6) is -2.43. The number of alkyl halides is 3. The number of aliphatic carboxylic acids is 1.